The van der Waals surface area contributed by atoms with Gasteiger partial charge in [-0.1, -0.05) is 123 Å². The summed E-state index contributed by atoms with van der Waals surface area (Å²) in [5.74, 6) is 0. The maximum Gasteiger partial charge on any atom is 0.0540 e. The molecule has 2 heteroatoms. The van der Waals surface area contributed by atoms with Crippen LogP contribution in [0.2, 0.25) is 0 Å². The molecule has 45 heavy (non-hydrogen) atoms. The third-order valence-corrected chi connectivity index (χ3v) is 10.8. The van der Waals surface area contributed by atoms with E-state index in [1.165, 1.54) is 70.0 Å². The third-order valence-electron chi connectivity index (χ3n) is 9.65. The van der Waals surface area contributed by atoms with Crippen LogP contribution in [0.25, 0.3) is 53.2 Å². The molecule has 0 spiro atoms. The predicted molar refractivity (Wildman–Crippen MR) is 195 cm³/mol. The molecular formula is C43H31NS. The molecule has 1 aliphatic rings. The van der Waals surface area contributed by atoms with Gasteiger partial charge in [0, 0.05) is 42.5 Å². The van der Waals surface area contributed by atoms with Gasteiger partial charge in [-0.05, 0) is 81.1 Å². The van der Waals surface area contributed by atoms with Crippen molar-refractivity contribution in [3.05, 3.63) is 163 Å². The van der Waals surface area contributed by atoms with Crippen LogP contribution in [0.5, 0.6) is 0 Å². The van der Waals surface area contributed by atoms with E-state index >= 15 is 0 Å². The Labute approximate surface area is 267 Å². The average Bonchev–Trinajstić information content (AvgIpc) is 3.57. The van der Waals surface area contributed by atoms with Crippen molar-refractivity contribution in [3.63, 3.8) is 0 Å². The highest BCUT2D eigenvalue weighted by Crippen LogP contribution is 2.54. The van der Waals surface area contributed by atoms with Crippen molar-refractivity contribution in [3.8, 4) is 22.3 Å². The lowest BCUT2D eigenvalue weighted by Crippen LogP contribution is -2.14. The zero-order valence-electron chi connectivity index (χ0n) is 25.3. The Bertz CT molecular complexity index is 2430. The Morgan fingerprint density at radius 3 is 2.02 bits per heavy atom. The van der Waals surface area contributed by atoms with E-state index in [2.05, 4.69) is 170 Å². The molecule has 0 fully saturated rings. The summed E-state index contributed by atoms with van der Waals surface area (Å²) in [6, 6.07) is 55.9. The van der Waals surface area contributed by atoms with Gasteiger partial charge >= 0.3 is 0 Å². The zero-order chi connectivity index (χ0) is 30.1. The molecule has 0 atom stereocenters. The van der Waals surface area contributed by atoms with Crippen LogP contribution in [0, 0.1) is 0 Å². The first-order chi connectivity index (χ1) is 22.1. The van der Waals surface area contributed by atoms with Crippen molar-refractivity contribution in [2.45, 2.75) is 19.3 Å². The van der Waals surface area contributed by atoms with E-state index in [0.29, 0.717) is 0 Å². The van der Waals surface area contributed by atoms with Crippen molar-refractivity contribution < 1.29 is 0 Å². The largest absolute Gasteiger partial charge is 0.310 e. The quantitative estimate of drug-likeness (QED) is 0.196. The fourth-order valence-corrected chi connectivity index (χ4v) is 8.56. The summed E-state index contributed by atoms with van der Waals surface area (Å²) in [5.41, 5.74) is 11.4. The normalized spacial score (nSPS) is 13.3. The van der Waals surface area contributed by atoms with Crippen LogP contribution in [0.15, 0.2) is 152 Å². The van der Waals surface area contributed by atoms with Gasteiger partial charge in [-0.2, -0.15) is 0 Å². The molecule has 7 aromatic carbocycles. The second-order valence-electron chi connectivity index (χ2n) is 12.6. The van der Waals surface area contributed by atoms with Gasteiger partial charge in [0.25, 0.3) is 0 Å². The number of benzene rings is 7. The standard InChI is InChI=1S/C43H31NS/c1-43(2)37-18-8-5-16-35(37)42-34(17-11-19-38(42)43)32-14-6-9-20-39(32)44(30-23-22-28-12-3-4-13-29(28)26-30)31-24-25-41-36(27-31)33-15-7-10-21-40(33)45-41/h3-27H,1-2H3. The molecule has 0 bridgehead atoms. The molecule has 0 unspecified atom stereocenters. The van der Waals surface area contributed by atoms with Gasteiger partial charge in [0.2, 0.25) is 0 Å². The second kappa shape index (κ2) is 9.92. The average molecular weight is 594 g/mol. The van der Waals surface area contributed by atoms with Crippen LogP contribution in [-0.2, 0) is 5.41 Å². The van der Waals surface area contributed by atoms with Crippen LogP contribution in [0.3, 0.4) is 0 Å². The van der Waals surface area contributed by atoms with Crippen molar-refractivity contribution >= 4 is 59.3 Å². The summed E-state index contributed by atoms with van der Waals surface area (Å²) in [7, 11) is 0. The van der Waals surface area contributed by atoms with E-state index in [-0.39, 0.29) is 5.41 Å². The van der Waals surface area contributed by atoms with Crippen molar-refractivity contribution in [2.75, 3.05) is 4.90 Å². The lowest BCUT2D eigenvalue weighted by molar-refractivity contribution is 0.660. The monoisotopic (exact) mass is 593 g/mol. The molecule has 214 valence electrons. The molecule has 0 amide bonds. The number of hydrogen-bond acceptors (Lipinski definition) is 2. The Morgan fingerprint density at radius 2 is 1.11 bits per heavy atom. The molecule has 9 rings (SSSR count). The highest BCUT2D eigenvalue weighted by atomic mass is 32.1. The van der Waals surface area contributed by atoms with Crippen LogP contribution in [0.4, 0.5) is 17.1 Å². The first-order valence-corrected chi connectivity index (χ1v) is 16.4. The Hall–Kier alpha value is -5.18. The van der Waals surface area contributed by atoms with Crippen molar-refractivity contribution in [1.29, 1.82) is 0 Å². The van der Waals surface area contributed by atoms with Crippen molar-refractivity contribution in [2.24, 2.45) is 0 Å². The first kappa shape index (κ1) is 26.2. The van der Waals surface area contributed by atoms with E-state index in [4.69, 9.17) is 0 Å². The summed E-state index contributed by atoms with van der Waals surface area (Å²) in [6.07, 6.45) is 0. The predicted octanol–water partition coefficient (Wildman–Crippen LogP) is 12.7. The lowest BCUT2D eigenvalue weighted by Gasteiger charge is -2.29. The van der Waals surface area contributed by atoms with Gasteiger partial charge in [0.1, 0.15) is 0 Å². The minimum absolute atomic E-state index is 0.0556. The fourth-order valence-electron chi connectivity index (χ4n) is 7.47. The number of fused-ring (bicyclic) bond motifs is 7. The van der Waals surface area contributed by atoms with E-state index in [9.17, 15) is 0 Å². The first-order valence-electron chi connectivity index (χ1n) is 15.6. The highest BCUT2D eigenvalue weighted by Gasteiger charge is 2.37. The van der Waals surface area contributed by atoms with Crippen LogP contribution in [0.1, 0.15) is 25.0 Å². The van der Waals surface area contributed by atoms with Gasteiger partial charge in [-0.25, -0.2) is 0 Å². The number of para-hydroxylation sites is 1. The molecule has 0 radical (unpaired) electrons. The van der Waals surface area contributed by atoms with Crippen LogP contribution < -0.4 is 4.90 Å². The van der Waals surface area contributed by atoms with Gasteiger partial charge in [-0.15, -0.1) is 11.3 Å². The maximum absolute atomic E-state index is 2.46. The molecular weight excluding hydrogens is 563 g/mol. The zero-order valence-corrected chi connectivity index (χ0v) is 26.1. The molecule has 0 saturated heterocycles. The number of anilines is 3. The molecule has 0 aliphatic heterocycles. The van der Waals surface area contributed by atoms with Crippen LogP contribution >= 0.6 is 11.3 Å². The summed E-state index contributed by atoms with van der Waals surface area (Å²) in [4.78, 5) is 2.46. The molecule has 1 heterocycles. The number of thiophene rings is 1. The SMILES string of the molecule is CC1(C)c2ccccc2-c2c(-c3ccccc3N(c3ccc4ccccc4c3)c3ccc4sc5ccccc5c4c3)cccc21. The van der Waals surface area contributed by atoms with Crippen molar-refractivity contribution in [1.82, 2.24) is 0 Å². The second-order valence-corrected chi connectivity index (χ2v) is 13.6. The van der Waals surface area contributed by atoms with E-state index in [0.717, 1.165) is 11.4 Å². The molecule has 1 nitrogen and oxygen atoms in total. The number of nitrogens with zero attached hydrogens (tertiary/aromatic N) is 1. The maximum atomic E-state index is 2.46. The number of rotatable bonds is 4. The van der Waals surface area contributed by atoms with Gasteiger partial charge in [0.05, 0.1) is 5.69 Å². The van der Waals surface area contributed by atoms with Gasteiger partial charge in [0.15, 0.2) is 0 Å². The van der Waals surface area contributed by atoms with E-state index < -0.39 is 0 Å². The van der Waals surface area contributed by atoms with E-state index in [1.54, 1.807) is 0 Å². The third kappa shape index (κ3) is 3.99. The smallest absolute Gasteiger partial charge is 0.0540 e. The summed E-state index contributed by atoms with van der Waals surface area (Å²) >= 11 is 1.86. The molecule has 0 N–H and O–H groups in total. The molecule has 1 aliphatic carbocycles. The highest BCUT2D eigenvalue weighted by molar-refractivity contribution is 7.25. The summed E-state index contributed by atoms with van der Waals surface area (Å²) in [6.45, 7) is 4.71. The molecule has 1 aromatic heterocycles. The van der Waals surface area contributed by atoms with Crippen LogP contribution in [-0.4, -0.2) is 0 Å². The lowest BCUT2D eigenvalue weighted by atomic mass is 9.82. The summed E-state index contributed by atoms with van der Waals surface area (Å²) < 4.78 is 2.63. The number of hydrogen-bond donors (Lipinski definition) is 0. The summed E-state index contributed by atoms with van der Waals surface area (Å²) in [5, 5.41) is 5.09. The minimum Gasteiger partial charge on any atom is -0.310 e. The van der Waals surface area contributed by atoms with E-state index in [1.807, 2.05) is 11.3 Å². The van der Waals surface area contributed by atoms with Gasteiger partial charge < -0.3 is 4.90 Å². The minimum atomic E-state index is -0.0556. The Balaban J connectivity index is 1.32. The fraction of sp³-hybridized carbons (Fsp3) is 0.0698. The van der Waals surface area contributed by atoms with Gasteiger partial charge in [-0.3, -0.25) is 0 Å². The topological polar surface area (TPSA) is 3.24 Å². The molecule has 0 saturated carbocycles. The Morgan fingerprint density at radius 1 is 0.467 bits per heavy atom. The molecule has 8 aromatic rings. The Kier molecular flexibility index (Phi) is 5.78.